The highest BCUT2D eigenvalue weighted by Crippen LogP contribution is 2.37. The van der Waals surface area contributed by atoms with E-state index in [1.165, 1.54) is 5.56 Å². The number of amidine groups is 1. The first-order valence-electron chi connectivity index (χ1n) is 8.93. The molecule has 0 amide bonds. The van der Waals surface area contributed by atoms with Gasteiger partial charge in [0.25, 0.3) is 0 Å². The third kappa shape index (κ3) is 3.67. The zero-order valence-corrected chi connectivity index (χ0v) is 14.6. The molecule has 0 unspecified atom stereocenters. The lowest BCUT2D eigenvalue weighted by Crippen LogP contribution is -2.46. The van der Waals surface area contributed by atoms with Gasteiger partial charge in [0.15, 0.2) is 5.75 Å². The number of ether oxygens (including phenoxy) is 1. The van der Waals surface area contributed by atoms with Crippen molar-refractivity contribution in [3.63, 3.8) is 0 Å². The minimum Gasteiger partial charge on any atom is -0.454 e. The standard InChI is InChI=1S/C20H24N4O/c1-15-6-7-18-16(14-15)20(22-10-13-24-11-8-21-9-12-24)23-17-4-2-3-5-19(17)25-18/h2-7,14,21H,8-13H2,1H3,(H,22,23). The number of aliphatic imine (C=N–C) groups is 1. The smallest absolute Gasteiger partial charge is 0.153 e. The molecule has 130 valence electrons. The molecule has 2 aliphatic rings. The van der Waals surface area contributed by atoms with Gasteiger partial charge in [-0.1, -0.05) is 23.8 Å². The number of hydrogen-bond acceptors (Lipinski definition) is 5. The predicted octanol–water partition coefficient (Wildman–Crippen LogP) is 2.67. The first-order chi connectivity index (χ1) is 12.3. The van der Waals surface area contributed by atoms with Gasteiger partial charge in [0.1, 0.15) is 17.3 Å². The molecule has 0 aliphatic carbocycles. The number of hydrogen-bond donors (Lipinski definition) is 2. The van der Waals surface area contributed by atoms with Crippen LogP contribution in [0, 0.1) is 6.92 Å². The maximum atomic E-state index is 6.11. The number of benzene rings is 2. The third-order valence-electron chi connectivity index (χ3n) is 4.64. The second-order valence-corrected chi connectivity index (χ2v) is 6.55. The Morgan fingerprint density at radius 2 is 1.96 bits per heavy atom. The largest absolute Gasteiger partial charge is 0.454 e. The Bertz CT molecular complexity index is 781. The van der Waals surface area contributed by atoms with Gasteiger partial charge in [0.05, 0.1) is 5.56 Å². The molecule has 0 bridgehead atoms. The molecule has 1 fully saturated rings. The average Bonchev–Trinajstić information content (AvgIpc) is 2.79. The van der Waals surface area contributed by atoms with E-state index < -0.39 is 0 Å². The highest BCUT2D eigenvalue weighted by atomic mass is 16.5. The van der Waals surface area contributed by atoms with Gasteiger partial charge in [-0.3, -0.25) is 4.90 Å². The van der Waals surface area contributed by atoms with Crippen LogP contribution in [0.5, 0.6) is 11.5 Å². The van der Waals surface area contributed by atoms with Crippen molar-refractivity contribution in [3.8, 4) is 11.5 Å². The van der Waals surface area contributed by atoms with E-state index in [4.69, 9.17) is 9.73 Å². The number of para-hydroxylation sites is 2. The Morgan fingerprint density at radius 1 is 1.12 bits per heavy atom. The topological polar surface area (TPSA) is 48.9 Å². The maximum Gasteiger partial charge on any atom is 0.153 e. The number of piperazine rings is 1. The van der Waals surface area contributed by atoms with Crippen molar-refractivity contribution >= 4 is 11.5 Å². The highest BCUT2D eigenvalue weighted by molar-refractivity contribution is 6.03. The quantitative estimate of drug-likeness (QED) is 0.905. The van der Waals surface area contributed by atoms with Crippen LogP contribution in [0.3, 0.4) is 0 Å². The SMILES string of the molecule is Cc1ccc2c(c1)C(NCCN1CCNCC1)=Nc1ccccc1O2. The molecule has 0 aromatic heterocycles. The van der Waals surface area contributed by atoms with Gasteiger partial charge >= 0.3 is 0 Å². The predicted molar refractivity (Wildman–Crippen MR) is 101 cm³/mol. The monoisotopic (exact) mass is 336 g/mol. The summed E-state index contributed by atoms with van der Waals surface area (Å²) >= 11 is 0. The Balaban J connectivity index is 1.57. The second-order valence-electron chi connectivity index (χ2n) is 6.55. The third-order valence-corrected chi connectivity index (χ3v) is 4.64. The first-order valence-corrected chi connectivity index (χ1v) is 8.93. The van der Waals surface area contributed by atoms with E-state index in [0.717, 1.165) is 67.9 Å². The summed E-state index contributed by atoms with van der Waals surface area (Å²) < 4.78 is 6.11. The lowest BCUT2D eigenvalue weighted by molar-refractivity contribution is 0.245. The van der Waals surface area contributed by atoms with Gasteiger partial charge < -0.3 is 15.4 Å². The number of fused-ring (bicyclic) bond motifs is 2. The van der Waals surface area contributed by atoms with Crippen molar-refractivity contribution in [2.75, 3.05) is 39.3 Å². The molecule has 25 heavy (non-hydrogen) atoms. The molecule has 2 aliphatic heterocycles. The van der Waals surface area contributed by atoms with Gasteiger partial charge in [-0.2, -0.15) is 0 Å². The maximum absolute atomic E-state index is 6.11. The Kier molecular flexibility index (Phi) is 4.68. The van der Waals surface area contributed by atoms with E-state index in [1.807, 2.05) is 30.3 Å². The van der Waals surface area contributed by atoms with Gasteiger partial charge in [-0.25, -0.2) is 4.99 Å². The molecule has 2 heterocycles. The van der Waals surface area contributed by atoms with Crippen LogP contribution < -0.4 is 15.4 Å². The zero-order valence-electron chi connectivity index (χ0n) is 14.6. The molecule has 0 atom stereocenters. The summed E-state index contributed by atoms with van der Waals surface area (Å²) in [6.07, 6.45) is 0. The lowest BCUT2D eigenvalue weighted by Gasteiger charge is -2.27. The van der Waals surface area contributed by atoms with E-state index in [9.17, 15) is 0 Å². The van der Waals surface area contributed by atoms with Gasteiger partial charge in [0.2, 0.25) is 0 Å². The normalized spacial score (nSPS) is 16.9. The summed E-state index contributed by atoms with van der Waals surface area (Å²) in [6.45, 7) is 8.34. The van der Waals surface area contributed by atoms with E-state index in [1.54, 1.807) is 0 Å². The Hall–Kier alpha value is -2.37. The molecule has 5 nitrogen and oxygen atoms in total. The van der Waals surface area contributed by atoms with Crippen molar-refractivity contribution in [2.45, 2.75) is 6.92 Å². The second kappa shape index (κ2) is 7.25. The molecule has 0 radical (unpaired) electrons. The number of nitrogens with zero attached hydrogens (tertiary/aromatic N) is 2. The van der Waals surface area contributed by atoms with Crippen LogP contribution in [0.4, 0.5) is 5.69 Å². The van der Waals surface area contributed by atoms with Gasteiger partial charge in [0, 0.05) is 39.3 Å². The molecule has 5 heteroatoms. The van der Waals surface area contributed by atoms with Crippen molar-refractivity contribution in [3.05, 3.63) is 53.6 Å². The van der Waals surface area contributed by atoms with Crippen molar-refractivity contribution in [1.82, 2.24) is 15.5 Å². The zero-order chi connectivity index (χ0) is 17.1. The highest BCUT2D eigenvalue weighted by Gasteiger charge is 2.18. The van der Waals surface area contributed by atoms with E-state index in [-0.39, 0.29) is 0 Å². The van der Waals surface area contributed by atoms with Crippen LogP contribution in [0.2, 0.25) is 0 Å². The minimum absolute atomic E-state index is 0.798. The summed E-state index contributed by atoms with van der Waals surface area (Å²) in [7, 11) is 0. The molecular weight excluding hydrogens is 312 g/mol. The summed E-state index contributed by atoms with van der Waals surface area (Å²) in [5.74, 6) is 2.54. The summed E-state index contributed by atoms with van der Waals surface area (Å²) in [5, 5.41) is 6.93. The van der Waals surface area contributed by atoms with E-state index in [2.05, 4.69) is 34.6 Å². The Morgan fingerprint density at radius 3 is 2.84 bits per heavy atom. The fraction of sp³-hybridized carbons (Fsp3) is 0.350. The molecular formula is C20H24N4O. The number of aryl methyl sites for hydroxylation is 1. The molecule has 4 rings (SSSR count). The fourth-order valence-corrected chi connectivity index (χ4v) is 3.25. The van der Waals surface area contributed by atoms with Crippen molar-refractivity contribution in [2.24, 2.45) is 4.99 Å². The molecule has 2 aromatic rings. The number of nitrogens with one attached hydrogen (secondary N) is 2. The Labute approximate surface area is 148 Å². The van der Waals surface area contributed by atoms with Crippen LogP contribution in [-0.2, 0) is 0 Å². The average molecular weight is 336 g/mol. The molecule has 2 aromatic carbocycles. The van der Waals surface area contributed by atoms with Crippen LogP contribution in [0.1, 0.15) is 11.1 Å². The van der Waals surface area contributed by atoms with Crippen LogP contribution in [0.15, 0.2) is 47.5 Å². The molecule has 0 saturated carbocycles. The van der Waals surface area contributed by atoms with Gasteiger partial charge in [-0.15, -0.1) is 0 Å². The van der Waals surface area contributed by atoms with E-state index in [0.29, 0.717) is 0 Å². The molecule has 0 spiro atoms. The molecule has 2 N–H and O–H groups in total. The van der Waals surface area contributed by atoms with Crippen LogP contribution in [-0.4, -0.2) is 50.0 Å². The van der Waals surface area contributed by atoms with Gasteiger partial charge in [-0.05, 0) is 31.2 Å². The first kappa shape index (κ1) is 16.1. The molecule has 1 saturated heterocycles. The minimum atomic E-state index is 0.798. The fourth-order valence-electron chi connectivity index (χ4n) is 3.25. The summed E-state index contributed by atoms with van der Waals surface area (Å²) in [6, 6.07) is 14.2. The summed E-state index contributed by atoms with van der Waals surface area (Å²) in [4.78, 5) is 7.33. The van der Waals surface area contributed by atoms with Crippen molar-refractivity contribution in [1.29, 1.82) is 0 Å². The van der Waals surface area contributed by atoms with Crippen LogP contribution >= 0.6 is 0 Å². The number of rotatable bonds is 3. The van der Waals surface area contributed by atoms with Crippen molar-refractivity contribution < 1.29 is 4.74 Å². The van der Waals surface area contributed by atoms with E-state index >= 15 is 0 Å². The van der Waals surface area contributed by atoms with Crippen LogP contribution in [0.25, 0.3) is 0 Å². The summed E-state index contributed by atoms with van der Waals surface area (Å²) in [5.41, 5.74) is 3.09. The lowest BCUT2D eigenvalue weighted by atomic mass is 10.1.